The number of nitrogens with zero attached hydrogens (tertiary/aromatic N) is 4. The van der Waals surface area contributed by atoms with Crippen molar-refractivity contribution in [2.45, 2.75) is 6.67 Å². The maximum atomic E-state index is 11.6. The molecule has 1 aromatic heterocycles. The molecule has 8 nitrogen and oxygen atoms in total. The lowest BCUT2D eigenvalue weighted by Gasteiger charge is -2.32. The number of aromatic nitrogens is 2. The van der Waals surface area contributed by atoms with Crippen LogP contribution in [0.3, 0.4) is 0 Å². The van der Waals surface area contributed by atoms with Gasteiger partial charge in [-0.25, -0.2) is 13.1 Å². The van der Waals surface area contributed by atoms with Crippen molar-refractivity contribution in [2.75, 3.05) is 44.9 Å². The van der Waals surface area contributed by atoms with Crippen LogP contribution in [0, 0.1) is 3.95 Å². The number of anilines is 2. The quantitative estimate of drug-likeness (QED) is 0.723. The fourth-order valence-electron chi connectivity index (χ4n) is 2.70. The maximum Gasteiger partial charge on any atom is 0.211 e. The van der Waals surface area contributed by atoms with Gasteiger partial charge in [0.2, 0.25) is 15.2 Å². The highest BCUT2D eigenvalue weighted by Gasteiger charge is 2.23. The average Bonchev–Trinajstić information content (AvgIpc) is 2.94. The fraction of sp³-hybridized carbons (Fsp3) is 0.467. The van der Waals surface area contributed by atoms with E-state index in [0.717, 1.165) is 11.4 Å². The van der Waals surface area contributed by atoms with Gasteiger partial charge in [-0.05, 0) is 24.4 Å². The lowest BCUT2D eigenvalue weighted by atomic mass is 10.3. The molecule has 0 spiro atoms. The first-order valence-corrected chi connectivity index (χ1v) is 11.1. The number of methoxy groups -OCH3 is 1. The lowest BCUT2D eigenvalue weighted by Crippen LogP contribution is -2.48. The zero-order chi connectivity index (χ0) is 18.7. The first kappa shape index (κ1) is 19.2. The third-order valence-corrected chi connectivity index (χ3v) is 6.62. The van der Waals surface area contributed by atoms with Gasteiger partial charge < -0.3 is 10.1 Å². The van der Waals surface area contributed by atoms with Crippen LogP contribution in [-0.2, 0) is 16.7 Å². The molecule has 0 atom stereocenters. The van der Waals surface area contributed by atoms with Crippen LogP contribution in [0.25, 0.3) is 0 Å². The predicted molar refractivity (Wildman–Crippen MR) is 105 cm³/mol. The molecule has 0 saturated carbocycles. The number of benzene rings is 1. The summed E-state index contributed by atoms with van der Waals surface area (Å²) in [6.45, 7) is 2.83. The number of hydrogen-bond donors (Lipinski definition) is 1. The van der Waals surface area contributed by atoms with Crippen LogP contribution < -0.4 is 10.1 Å². The molecule has 1 fully saturated rings. The second kappa shape index (κ2) is 8.01. The van der Waals surface area contributed by atoms with Crippen LogP contribution in [-0.4, -0.2) is 66.9 Å². The molecule has 1 aliphatic rings. The highest BCUT2D eigenvalue weighted by Crippen LogP contribution is 2.28. The number of ether oxygens (including phenoxy) is 1. The van der Waals surface area contributed by atoms with Crippen LogP contribution >= 0.6 is 23.6 Å². The molecular weight excluding hydrogens is 394 g/mol. The predicted octanol–water partition coefficient (Wildman–Crippen LogP) is 1.96. The normalized spacial score (nSPS) is 16.5. The summed E-state index contributed by atoms with van der Waals surface area (Å²) in [6.07, 6.45) is 1.25. The third kappa shape index (κ3) is 4.60. The van der Waals surface area contributed by atoms with Crippen molar-refractivity contribution in [3.8, 4) is 5.75 Å². The molecule has 3 rings (SSSR count). The van der Waals surface area contributed by atoms with Crippen molar-refractivity contribution >= 4 is 44.4 Å². The summed E-state index contributed by atoms with van der Waals surface area (Å²) in [4.78, 5) is 2.14. The SMILES string of the molecule is COc1ccccc1Nc1nn(CN2CCN(S(C)(=O)=O)CC2)c(=S)s1. The van der Waals surface area contributed by atoms with Gasteiger partial charge in [-0.2, -0.15) is 4.31 Å². The number of para-hydroxylation sites is 2. The van der Waals surface area contributed by atoms with Gasteiger partial charge in [-0.3, -0.25) is 4.90 Å². The number of rotatable bonds is 6. The van der Waals surface area contributed by atoms with Crippen LogP contribution in [0.4, 0.5) is 10.8 Å². The third-order valence-electron chi connectivity index (χ3n) is 4.09. The van der Waals surface area contributed by atoms with Crippen molar-refractivity contribution < 1.29 is 13.2 Å². The summed E-state index contributed by atoms with van der Waals surface area (Å²) in [5.74, 6) is 0.733. The van der Waals surface area contributed by atoms with E-state index in [0.29, 0.717) is 41.9 Å². The highest BCUT2D eigenvalue weighted by atomic mass is 32.2. The van der Waals surface area contributed by atoms with Gasteiger partial charge >= 0.3 is 0 Å². The molecule has 2 heterocycles. The van der Waals surface area contributed by atoms with E-state index >= 15 is 0 Å². The van der Waals surface area contributed by atoms with Crippen molar-refractivity contribution in [1.82, 2.24) is 19.0 Å². The monoisotopic (exact) mass is 415 g/mol. The molecule has 11 heteroatoms. The van der Waals surface area contributed by atoms with Crippen LogP contribution in [0.15, 0.2) is 24.3 Å². The summed E-state index contributed by atoms with van der Waals surface area (Å²) >= 11 is 6.80. The van der Waals surface area contributed by atoms with Crippen LogP contribution in [0.1, 0.15) is 0 Å². The van der Waals surface area contributed by atoms with E-state index in [2.05, 4.69) is 15.3 Å². The van der Waals surface area contributed by atoms with E-state index in [1.165, 1.54) is 21.9 Å². The molecule has 0 radical (unpaired) electrons. The van der Waals surface area contributed by atoms with E-state index in [-0.39, 0.29) is 0 Å². The van der Waals surface area contributed by atoms with Crippen molar-refractivity contribution in [3.05, 3.63) is 28.2 Å². The molecule has 1 aliphatic heterocycles. The van der Waals surface area contributed by atoms with Gasteiger partial charge in [-0.15, -0.1) is 5.10 Å². The minimum atomic E-state index is -3.12. The smallest absolute Gasteiger partial charge is 0.211 e. The van der Waals surface area contributed by atoms with E-state index in [1.807, 2.05) is 24.3 Å². The van der Waals surface area contributed by atoms with Crippen molar-refractivity contribution in [2.24, 2.45) is 0 Å². The first-order chi connectivity index (χ1) is 12.4. The molecule has 142 valence electrons. The van der Waals surface area contributed by atoms with Gasteiger partial charge in [-0.1, -0.05) is 23.5 Å². The van der Waals surface area contributed by atoms with Gasteiger partial charge in [0.25, 0.3) is 0 Å². The summed E-state index contributed by atoms with van der Waals surface area (Å²) in [5.41, 5.74) is 0.827. The Hall–Kier alpha value is -1.53. The maximum absolute atomic E-state index is 11.6. The number of sulfonamides is 1. The Morgan fingerprint density at radius 3 is 2.62 bits per heavy atom. The van der Waals surface area contributed by atoms with Gasteiger partial charge in [0.15, 0.2) is 3.95 Å². The lowest BCUT2D eigenvalue weighted by molar-refractivity contribution is 0.146. The molecular formula is C15H21N5O3S3. The van der Waals surface area contributed by atoms with Gasteiger partial charge in [0.05, 0.1) is 25.7 Å². The minimum absolute atomic E-state index is 0.489. The fourth-order valence-corrected chi connectivity index (χ4v) is 4.53. The largest absolute Gasteiger partial charge is 0.495 e. The molecule has 1 N–H and O–H groups in total. The summed E-state index contributed by atoms with van der Waals surface area (Å²) in [7, 11) is -1.50. The topological polar surface area (TPSA) is 79.7 Å². The summed E-state index contributed by atoms with van der Waals surface area (Å²) < 4.78 is 32.4. The van der Waals surface area contributed by atoms with Crippen molar-refractivity contribution in [1.29, 1.82) is 0 Å². The van der Waals surface area contributed by atoms with E-state index < -0.39 is 10.0 Å². The Morgan fingerprint density at radius 2 is 1.96 bits per heavy atom. The first-order valence-electron chi connectivity index (χ1n) is 8.02. The Morgan fingerprint density at radius 1 is 1.27 bits per heavy atom. The summed E-state index contributed by atoms with van der Waals surface area (Å²) in [5, 5.41) is 8.46. The Kier molecular flexibility index (Phi) is 5.92. The average molecular weight is 416 g/mol. The molecule has 0 amide bonds. The second-order valence-corrected chi connectivity index (χ2v) is 9.52. The molecule has 0 bridgehead atoms. The molecule has 0 aliphatic carbocycles. The molecule has 26 heavy (non-hydrogen) atoms. The van der Waals surface area contributed by atoms with E-state index in [9.17, 15) is 8.42 Å². The number of nitrogens with one attached hydrogen (secondary N) is 1. The number of hydrogen-bond acceptors (Lipinski definition) is 8. The highest BCUT2D eigenvalue weighted by molar-refractivity contribution is 7.88. The van der Waals surface area contributed by atoms with Crippen LogP contribution in [0.5, 0.6) is 5.75 Å². The minimum Gasteiger partial charge on any atom is -0.495 e. The zero-order valence-corrected chi connectivity index (χ0v) is 17.0. The van der Waals surface area contributed by atoms with E-state index in [4.69, 9.17) is 17.0 Å². The zero-order valence-electron chi connectivity index (χ0n) is 14.6. The molecule has 1 saturated heterocycles. The Balaban J connectivity index is 1.65. The number of piperazine rings is 1. The molecule has 0 unspecified atom stereocenters. The molecule has 2 aromatic rings. The second-order valence-electron chi connectivity index (χ2n) is 5.92. The Bertz CT molecular complexity index is 917. The van der Waals surface area contributed by atoms with Crippen LogP contribution in [0.2, 0.25) is 0 Å². The standard InChI is InChI=1S/C15H21N5O3S3/c1-23-13-6-4-3-5-12(13)16-14-17-20(15(24)25-14)11-18-7-9-19(10-8-18)26(2,21)22/h3-6H,7-11H2,1-2H3,(H,16,17). The van der Waals surface area contributed by atoms with E-state index in [1.54, 1.807) is 11.8 Å². The Labute approximate surface area is 162 Å². The summed E-state index contributed by atoms with van der Waals surface area (Å²) in [6, 6.07) is 7.61. The van der Waals surface area contributed by atoms with Gasteiger partial charge in [0.1, 0.15) is 5.75 Å². The molecule has 1 aromatic carbocycles. The van der Waals surface area contributed by atoms with Gasteiger partial charge in [0, 0.05) is 26.2 Å². The van der Waals surface area contributed by atoms with Crippen molar-refractivity contribution in [3.63, 3.8) is 0 Å².